The number of hydrogen-bond acceptors (Lipinski definition) is 6. The van der Waals surface area contributed by atoms with Crippen molar-refractivity contribution < 1.29 is 9.90 Å². The number of hydrogen-bond donors (Lipinski definition) is 3. The highest BCUT2D eigenvalue weighted by molar-refractivity contribution is 6.36. The third kappa shape index (κ3) is 4.82. The molecular weight excluding hydrogens is 638 g/mol. The summed E-state index contributed by atoms with van der Waals surface area (Å²) in [5.41, 5.74) is 1.12. The molecule has 1 aliphatic rings. The Morgan fingerprint density at radius 1 is 0.860 bits per heavy atom. The summed E-state index contributed by atoms with van der Waals surface area (Å²) in [5, 5.41) is 22.5. The van der Waals surface area contributed by atoms with Crippen molar-refractivity contribution in [3.8, 4) is 11.6 Å². The van der Waals surface area contributed by atoms with Crippen molar-refractivity contribution in [2.24, 2.45) is 5.10 Å². The summed E-state index contributed by atoms with van der Waals surface area (Å²) >= 11 is 24.8. The molecule has 2 aromatic carbocycles. The summed E-state index contributed by atoms with van der Waals surface area (Å²) < 4.78 is 1.19. The van der Waals surface area contributed by atoms with Gasteiger partial charge in [-0.25, -0.2) is 0 Å². The number of H-pyrrole nitrogens is 2. The molecule has 43 heavy (non-hydrogen) atoms. The van der Waals surface area contributed by atoms with Crippen LogP contribution in [0, 0.1) is 13.8 Å². The van der Waals surface area contributed by atoms with Crippen molar-refractivity contribution in [2.45, 2.75) is 13.8 Å². The largest absolute Gasteiger partial charge is 0.493 e. The summed E-state index contributed by atoms with van der Waals surface area (Å²) in [5.74, 6) is -0.735. The monoisotopic (exact) mass is 654 g/mol. The third-order valence-corrected chi connectivity index (χ3v) is 8.12. The summed E-state index contributed by atoms with van der Waals surface area (Å²) in [4.78, 5) is 44.6. The molecule has 3 N–H and O–H groups in total. The van der Waals surface area contributed by atoms with Crippen molar-refractivity contribution in [2.75, 3.05) is 5.01 Å². The van der Waals surface area contributed by atoms with Gasteiger partial charge in [-0.15, -0.1) is 10.2 Å². The highest BCUT2D eigenvalue weighted by Gasteiger charge is 2.30. The lowest BCUT2D eigenvalue weighted by Gasteiger charge is -2.14. The second-order valence-corrected chi connectivity index (χ2v) is 11.3. The molecule has 1 aliphatic heterocycles. The maximum Gasteiger partial charge on any atom is 0.282 e. The van der Waals surface area contributed by atoms with E-state index in [4.69, 9.17) is 46.4 Å². The highest BCUT2D eigenvalue weighted by Crippen LogP contribution is 2.34. The number of aromatic amines is 2. The van der Waals surface area contributed by atoms with Gasteiger partial charge >= 0.3 is 0 Å². The number of benzene rings is 2. The average molecular weight is 656 g/mol. The van der Waals surface area contributed by atoms with Gasteiger partial charge in [0.2, 0.25) is 5.88 Å². The molecule has 10 nitrogen and oxygen atoms in total. The van der Waals surface area contributed by atoms with E-state index in [1.807, 2.05) is 0 Å². The summed E-state index contributed by atoms with van der Waals surface area (Å²) in [7, 11) is 0. The Hall–Kier alpha value is -4.35. The van der Waals surface area contributed by atoms with Crippen LogP contribution in [0.4, 0.5) is 5.69 Å². The average Bonchev–Trinajstić information content (AvgIpc) is 3.46. The first-order chi connectivity index (χ1) is 20.5. The predicted molar refractivity (Wildman–Crippen MR) is 167 cm³/mol. The van der Waals surface area contributed by atoms with Crippen LogP contribution >= 0.6 is 46.4 Å². The number of allylic oxidation sites excluding steroid dienone is 1. The second kappa shape index (κ2) is 10.7. The third-order valence-electron chi connectivity index (χ3n) is 7.01. The number of fused-ring (bicyclic) bond motifs is 2. The standard InChI is InChI=1S/C29H18Cl4N6O4/c1-12-16(26(40)34-24-22(12)28(42)38(36-24)20-10-14(30)6-8-18(20)32)4-3-5-17-13(2)23-25(35-27(17)41)37-39(29(23)43)21-11-15(31)7-9-19(21)33/h3-11,42H,1-2H3,(H,34,36,40)(H,35,37,41). The smallest absolute Gasteiger partial charge is 0.282 e. The molecule has 0 spiro atoms. The molecule has 14 heteroatoms. The number of aromatic hydroxyl groups is 1. The number of aryl methyl sites for hydroxylation is 1. The van der Waals surface area contributed by atoms with E-state index in [1.54, 1.807) is 38.1 Å². The van der Waals surface area contributed by atoms with Gasteiger partial charge in [-0.2, -0.15) is 9.69 Å². The lowest BCUT2D eigenvalue weighted by molar-refractivity contribution is 0.0994. The van der Waals surface area contributed by atoms with Crippen LogP contribution < -0.4 is 26.8 Å². The number of anilines is 1. The van der Waals surface area contributed by atoms with Crippen LogP contribution in [0.3, 0.4) is 0 Å². The van der Waals surface area contributed by atoms with Gasteiger partial charge in [0.1, 0.15) is 0 Å². The fraction of sp³-hybridized carbons (Fsp3) is 0.0690. The number of pyridine rings is 2. The first kappa shape index (κ1) is 28.8. The van der Waals surface area contributed by atoms with Crippen molar-refractivity contribution in [1.82, 2.24) is 19.7 Å². The van der Waals surface area contributed by atoms with Crippen LogP contribution in [0.2, 0.25) is 20.1 Å². The minimum Gasteiger partial charge on any atom is -0.493 e. The van der Waals surface area contributed by atoms with Gasteiger partial charge in [0, 0.05) is 20.8 Å². The predicted octanol–water partition coefficient (Wildman–Crippen LogP) is 5.03. The Bertz CT molecular complexity index is 2310. The van der Waals surface area contributed by atoms with E-state index < -0.39 is 17.0 Å². The first-order valence-electron chi connectivity index (χ1n) is 12.6. The number of nitrogens with one attached hydrogen (secondary N) is 2. The topological polar surface area (TPSA) is 136 Å². The molecule has 0 saturated carbocycles. The lowest BCUT2D eigenvalue weighted by atomic mass is 10.1. The molecule has 0 bridgehead atoms. The van der Waals surface area contributed by atoms with Crippen LogP contribution in [0.25, 0.3) is 28.9 Å². The fourth-order valence-electron chi connectivity index (χ4n) is 4.90. The van der Waals surface area contributed by atoms with Crippen LogP contribution in [-0.4, -0.2) is 30.8 Å². The van der Waals surface area contributed by atoms with Crippen molar-refractivity contribution in [1.29, 1.82) is 0 Å². The van der Waals surface area contributed by atoms with E-state index >= 15 is 0 Å². The van der Waals surface area contributed by atoms with E-state index in [2.05, 4.69) is 20.2 Å². The molecule has 216 valence electrons. The number of nitrogens with zero attached hydrogens (tertiary/aromatic N) is 4. The zero-order chi connectivity index (χ0) is 30.7. The molecule has 6 rings (SSSR count). The Kier molecular flexibility index (Phi) is 7.18. The second-order valence-electron chi connectivity index (χ2n) is 9.60. The van der Waals surface area contributed by atoms with Gasteiger partial charge in [0.05, 0.1) is 32.4 Å². The van der Waals surface area contributed by atoms with E-state index in [0.717, 1.165) is 5.01 Å². The van der Waals surface area contributed by atoms with Crippen LogP contribution in [0.5, 0.6) is 5.88 Å². The van der Waals surface area contributed by atoms with Crippen LogP contribution in [0.1, 0.15) is 27.0 Å². The number of rotatable bonds is 4. The van der Waals surface area contributed by atoms with Gasteiger partial charge in [0.25, 0.3) is 17.0 Å². The van der Waals surface area contributed by atoms with E-state index in [0.29, 0.717) is 37.3 Å². The minimum absolute atomic E-state index is 0.0923. The Labute approximate surface area is 261 Å². The summed E-state index contributed by atoms with van der Waals surface area (Å²) in [6.07, 6.45) is 4.48. The van der Waals surface area contributed by atoms with Crippen molar-refractivity contribution >= 4 is 81.2 Å². The summed E-state index contributed by atoms with van der Waals surface area (Å²) in [6, 6.07) is 9.34. The van der Waals surface area contributed by atoms with Crippen molar-refractivity contribution in [3.63, 3.8) is 0 Å². The zero-order valence-corrected chi connectivity index (χ0v) is 25.2. The molecule has 0 atom stereocenters. The molecule has 0 fully saturated rings. The molecule has 3 aromatic heterocycles. The van der Waals surface area contributed by atoms with E-state index in [1.165, 1.54) is 35.0 Å². The normalized spacial score (nSPS) is 13.4. The quantitative estimate of drug-likeness (QED) is 0.250. The Balaban J connectivity index is 1.41. The van der Waals surface area contributed by atoms with Crippen LogP contribution in [0.15, 0.2) is 57.2 Å². The number of carbonyl (C=O) groups is 1. The van der Waals surface area contributed by atoms with E-state index in [-0.39, 0.29) is 44.1 Å². The minimum atomic E-state index is -0.491. The maximum atomic E-state index is 13.3. The maximum absolute atomic E-state index is 13.3. The fourth-order valence-corrected chi connectivity index (χ4v) is 5.63. The zero-order valence-electron chi connectivity index (χ0n) is 22.2. The molecule has 0 unspecified atom stereocenters. The molecule has 5 aromatic rings. The van der Waals surface area contributed by atoms with Gasteiger partial charge in [-0.05, 0) is 73.5 Å². The van der Waals surface area contributed by atoms with Crippen LogP contribution in [-0.2, 0) is 0 Å². The number of carbonyl (C=O) groups excluding carboxylic acids is 1. The Morgan fingerprint density at radius 3 is 2.21 bits per heavy atom. The van der Waals surface area contributed by atoms with Crippen molar-refractivity contribution in [3.05, 3.63) is 116 Å². The molecule has 1 amide bonds. The molecule has 4 heterocycles. The Morgan fingerprint density at radius 2 is 1.51 bits per heavy atom. The van der Waals surface area contributed by atoms with E-state index in [9.17, 15) is 19.5 Å². The lowest BCUT2D eigenvalue weighted by Crippen LogP contribution is -2.38. The SMILES string of the molecule is Cc1c2c([nH]c(=O)c1=CC=Cc1c(C)c3c(O)n(-c4cc(Cl)ccc4Cl)nc3[nH]c1=O)=NN(c1cc(Cl)ccc1Cl)C2=O. The van der Waals surface area contributed by atoms with Gasteiger partial charge in [0.15, 0.2) is 11.1 Å². The number of aromatic nitrogens is 4. The molecular formula is C29H18Cl4N6O4. The van der Waals surface area contributed by atoms with Gasteiger partial charge < -0.3 is 15.1 Å². The molecule has 0 aliphatic carbocycles. The number of amides is 1. The number of halogens is 4. The van der Waals surface area contributed by atoms with Gasteiger partial charge in [-0.1, -0.05) is 52.5 Å². The summed E-state index contributed by atoms with van der Waals surface area (Å²) in [6.45, 7) is 3.29. The first-order valence-corrected chi connectivity index (χ1v) is 14.1. The molecule has 0 saturated heterocycles. The van der Waals surface area contributed by atoms with Gasteiger partial charge in [-0.3, -0.25) is 14.4 Å². The highest BCUT2D eigenvalue weighted by atomic mass is 35.5. The molecule has 0 radical (unpaired) electrons.